The van der Waals surface area contributed by atoms with Crippen LogP contribution in [0.3, 0.4) is 0 Å². The summed E-state index contributed by atoms with van der Waals surface area (Å²) in [5.41, 5.74) is 2.91. The normalized spacial score (nSPS) is 18.9. The summed E-state index contributed by atoms with van der Waals surface area (Å²) < 4.78 is 19.1. The number of aryl methyl sites for hydroxylation is 2. The van der Waals surface area contributed by atoms with Crippen LogP contribution in [0.15, 0.2) is 42.5 Å². The van der Waals surface area contributed by atoms with Crippen LogP contribution in [-0.2, 0) is 13.6 Å². The molecule has 2 aliphatic heterocycles. The molecule has 11 nitrogen and oxygen atoms in total. The van der Waals surface area contributed by atoms with Crippen LogP contribution in [0, 0.1) is 12.8 Å². The van der Waals surface area contributed by atoms with Crippen molar-refractivity contribution in [3.63, 3.8) is 0 Å². The Hall–Kier alpha value is -4.09. The monoisotopic (exact) mass is 563 g/mol. The van der Waals surface area contributed by atoms with Gasteiger partial charge in [0.15, 0.2) is 17.2 Å². The fraction of sp³-hybridized carbons (Fsp3) is 0.433. The van der Waals surface area contributed by atoms with Crippen molar-refractivity contribution >= 4 is 17.5 Å². The first-order chi connectivity index (χ1) is 19.6. The number of carbonyl (C=O) groups excluding carboxylic acids is 2. The Bertz CT molecular complexity index is 1440. The van der Waals surface area contributed by atoms with E-state index < -0.39 is 6.04 Å². The average Bonchev–Trinajstić information content (AvgIpc) is 3.55. The van der Waals surface area contributed by atoms with Crippen LogP contribution >= 0.6 is 0 Å². The van der Waals surface area contributed by atoms with Gasteiger partial charge in [-0.3, -0.25) is 19.2 Å². The molecule has 0 fully saturated rings. The Kier molecular flexibility index (Phi) is 8.18. The molecule has 2 aliphatic rings. The molecule has 2 amide bonds. The second-order valence-corrected chi connectivity index (χ2v) is 10.9. The predicted molar refractivity (Wildman–Crippen MR) is 152 cm³/mol. The summed E-state index contributed by atoms with van der Waals surface area (Å²) >= 11 is 0. The van der Waals surface area contributed by atoms with Crippen molar-refractivity contribution in [3.8, 4) is 17.2 Å². The van der Waals surface area contributed by atoms with E-state index in [1.807, 2.05) is 46.0 Å². The van der Waals surface area contributed by atoms with Crippen LogP contribution in [0.5, 0.6) is 17.2 Å². The summed E-state index contributed by atoms with van der Waals surface area (Å²) in [6.45, 7) is 7.34. The van der Waals surface area contributed by atoms with Gasteiger partial charge in [0.05, 0.1) is 29.6 Å². The number of anilines is 1. The number of ether oxygens (including phenoxy) is 3. The number of para-hydroxylation sites is 1. The highest BCUT2D eigenvalue weighted by Crippen LogP contribution is 2.36. The third-order valence-corrected chi connectivity index (χ3v) is 7.56. The molecule has 5 rings (SSSR count). The van der Waals surface area contributed by atoms with E-state index in [4.69, 9.17) is 14.2 Å². The minimum absolute atomic E-state index is 0.0798. The molecule has 0 bridgehead atoms. The Morgan fingerprint density at radius 2 is 2.00 bits per heavy atom. The lowest BCUT2D eigenvalue weighted by Crippen LogP contribution is -2.49. The number of carbonyl (C=O) groups is 2. The first-order valence-corrected chi connectivity index (χ1v) is 13.7. The molecule has 41 heavy (non-hydrogen) atoms. The van der Waals surface area contributed by atoms with E-state index in [1.54, 1.807) is 36.2 Å². The maximum absolute atomic E-state index is 13.7. The van der Waals surface area contributed by atoms with Crippen molar-refractivity contribution in [3.05, 3.63) is 65.0 Å². The van der Waals surface area contributed by atoms with E-state index >= 15 is 0 Å². The SMILES string of the molecule is Cc1cc(C(=O)Nc2cccc3c2O[C@H](CN(C)Cc2ccc4c(c2)OCO4)[C@H](C)CN([C@H](C)CO)C3=O)n(C)n1. The van der Waals surface area contributed by atoms with E-state index in [2.05, 4.69) is 15.3 Å². The number of amides is 2. The third-order valence-electron chi connectivity index (χ3n) is 7.56. The molecule has 3 atom stereocenters. The molecule has 1 aromatic heterocycles. The van der Waals surface area contributed by atoms with Gasteiger partial charge in [-0.15, -0.1) is 0 Å². The highest BCUT2D eigenvalue weighted by atomic mass is 16.7. The zero-order chi connectivity index (χ0) is 29.3. The van der Waals surface area contributed by atoms with Crippen molar-refractivity contribution in [2.75, 3.05) is 38.9 Å². The maximum atomic E-state index is 13.7. The molecule has 3 aromatic rings. The van der Waals surface area contributed by atoms with Gasteiger partial charge < -0.3 is 29.5 Å². The van der Waals surface area contributed by atoms with Gasteiger partial charge in [0.1, 0.15) is 11.8 Å². The summed E-state index contributed by atoms with van der Waals surface area (Å²) in [5.74, 6) is 1.09. The largest absolute Gasteiger partial charge is 0.486 e. The van der Waals surface area contributed by atoms with E-state index in [-0.39, 0.29) is 37.2 Å². The van der Waals surface area contributed by atoms with E-state index in [0.29, 0.717) is 42.3 Å². The minimum atomic E-state index is -0.390. The molecule has 0 unspecified atom stereocenters. The van der Waals surface area contributed by atoms with Gasteiger partial charge in [0, 0.05) is 32.6 Å². The van der Waals surface area contributed by atoms with Crippen LogP contribution in [-0.4, -0.2) is 82.2 Å². The van der Waals surface area contributed by atoms with Crippen molar-refractivity contribution < 1.29 is 28.9 Å². The zero-order valence-corrected chi connectivity index (χ0v) is 24.1. The highest BCUT2D eigenvalue weighted by molar-refractivity contribution is 6.06. The number of benzene rings is 2. The van der Waals surface area contributed by atoms with E-state index in [0.717, 1.165) is 22.8 Å². The van der Waals surface area contributed by atoms with Gasteiger partial charge in [0.25, 0.3) is 11.8 Å². The molecule has 2 aromatic carbocycles. The van der Waals surface area contributed by atoms with Crippen LogP contribution < -0.4 is 19.5 Å². The minimum Gasteiger partial charge on any atom is -0.486 e. The van der Waals surface area contributed by atoms with Gasteiger partial charge in [0.2, 0.25) is 6.79 Å². The Balaban J connectivity index is 1.44. The standard InChI is InChI=1S/C30H37N5O6/c1-18-13-35(20(3)16-36)30(38)22-7-6-8-23(31-29(37)24-11-19(2)32-34(24)5)28(22)41-27(18)15-33(4)14-21-9-10-25-26(12-21)40-17-39-25/h6-12,18,20,27,36H,13-17H2,1-5H3,(H,31,37)/t18-,20-,27-/m1/s1. The smallest absolute Gasteiger partial charge is 0.274 e. The molecular formula is C30H37N5O6. The number of rotatable bonds is 8. The third kappa shape index (κ3) is 6.01. The Morgan fingerprint density at radius 3 is 2.73 bits per heavy atom. The summed E-state index contributed by atoms with van der Waals surface area (Å²) in [7, 11) is 3.72. The van der Waals surface area contributed by atoms with Gasteiger partial charge in [-0.2, -0.15) is 5.10 Å². The number of hydrogen-bond donors (Lipinski definition) is 2. The van der Waals surface area contributed by atoms with Crippen LogP contribution in [0.2, 0.25) is 0 Å². The molecule has 218 valence electrons. The number of aliphatic hydroxyl groups is 1. The molecular weight excluding hydrogens is 526 g/mol. The molecule has 0 saturated heterocycles. The van der Waals surface area contributed by atoms with Crippen molar-refractivity contribution in [1.29, 1.82) is 0 Å². The second kappa shape index (κ2) is 11.8. The molecule has 0 saturated carbocycles. The molecule has 0 spiro atoms. The summed E-state index contributed by atoms with van der Waals surface area (Å²) in [6.07, 6.45) is -0.328. The van der Waals surface area contributed by atoms with Gasteiger partial charge in [-0.25, -0.2) is 0 Å². The Labute approximate surface area is 239 Å². The fourth-order valence-corrected chi connectivity index (χ4v) is 5.29. The first-order valence-electron chi connectivity index (χ1n) is 13.7. The summed E-state index contributed by atoms with van der Waals surface area (Å²) in [6, 6.07) is 12.4. The van der Waals surface area contributed by atoms with Crippen LogP contribution in [0.4, 0.5) is 5.69 Å². The predicted octanol–water partition coefficient (Wildman–Crippen LogP) is 3.06. The topological polar surface area (TPSA) is 118 Å². The number of likely N-dealkylation sites (N-methyl/N-ethyl adjacent to an activating group) is 1. The summed E-state index contributed by atoms with van der Waals surface area (Å²) in [5, 5.41) is 17.2. The molecule has 3 heterocycles. The highest BCUT2D eigenvalue weighted by Gasteiger charge is 2.35. The lowest BCUT2D eigenvalue weighted by molar-refractivity contribution is 0.0343. The lowest BCUT2D eigenvalue weighted by atomic mass is 9.98. The number of aliphatic hydroxyl groups excluding tert-OH is 1. The van der Waals surface area contributed by atoms with Gasteiger partial charge in [-0.05, 0) is 56.8 Å². The fourth-order valence-electron chi connectivity index (χ4n) is 5.29. The number of nitrogens with one attached hydrogen (secondary N) is 1. The van der Waals surface area contributed by atoms with Gasteiger partial charge >= 0.3 is 0 Å². The van der Waals surface area contributed by atoms with E-state index in [1.165, 1.54) is 4.68 Å². The molecule has 11 heteroatoms. The number of aromatic nitrogens is 2. The number of nitrogens with zero attached hydrogens (tertiary/aromatic N) is 4. The van der Waals surface area contributed by atoms with E-state index in [9.17, 15) is 14.7 Å². The van der Waals surface area contributed by atoms with Crippen LogP contribution in [0.25, 0.3) is 0 Å². The quantitative estimate of drug-likeness (QED) is 0.430. The van der Waals surface area contributed by atoms with Gasteiger partial charge in [-0.1, -0.05) is 19.1 Å². The number of fused-ring (bicyclic) bond motifs is 2. The maximum Gasteiger partial charge on any atom is 0.274 e. The van der Waals surface area contributed by atoms with Crippen LogP contribution in [0.1, 0.15) is 46.0 Å². The van der Waals surface area contributed by atoms with Crippen molar-refractivity contribution in [2.45, 2.75) is 39.5 Å². The lowest BCUT2D eigenvalue weighted by Gasteiger charge is -2.38. The molecule has 2 N–H and O–H groups in total. The number of hydrogen-bond acceptors (Lipinski definition) is 8. The molecule has 0 radical (unpaired) electrons. The molecule has 0 aliphatic carbocycles. The average molecular weight is 564 g/mol. The zero-order valence-electron chi connectivity index (χ0n) is 24.1. The Morgan fingerprint density at radius 1 is 1.22 bits per heavy atom. The first kappa shape index (κ1) is 28.4. The van der Waals surface area contributed by atoms with Crippen molar-refractivity contribution in [1.82, 2.24) is 19.6 Å². The second-order valence-electron chi connectivity index (χ2n) is 10.9. The van der Waals surface area contributed by atoms with Crippen molar-refractivity contribution in [2.24, 2.45) is 13.0 Å². The summed E-state index contributed by atoms with van der Waals surface area (Å²) in [4.78, 5) is 30.8.